The van der Waals surface area contributed by atoms with Crippen molar-refractivity contribution in [2.75, 3.05) is 26.0 Å². The number of anilines is 1. The number of nitrogens with zero attached hydrogens (tertiary/aromatic N) is 1. The Kier molecular flexibility index (Phi) is 7.57. The van der Waals surface area contributed by atoms with Gasteiger partial charge >= 0.3 is 0 Å². The van der Waals surface area contributed by atoms with Gasteiger partial charge in [0.05, 0.1) is 4.88 Å². The molecule has 1 aromatic carbocycles. The molecule has 0 saturated heterocycles. The molecule has 1 heterocycles. The maximum atomic E-state index is 12.6. The van der Waals surface area contributed by atoms with E-state index < -0.39 is 6.04 Å². The molecule has 2 aromatic rings. The lowest BCUT2D eigenvalue weighted by molar-refractivity contribution is -0.130. The SMILES string of the molecule is CC(C)[C@H](NC(=O)c1cccs1)C(=O)Nc1ccc(OCC(=O)N(C)C)cc1. The van der Waals surface area contributed by atoms with E-state index in [1.807, 2.05) is 19.2 Å². The van der Waals surface area contributed by atoms with Gasteiger partial charge in [0.15, 0.2) is 6.61 Å². The summed E-state index contributed by atoms with van der Waals surface area (Å²) >= 11 is 1.33. The van der Waals surface area contributed by atoms with E-state index in [4.69, 9.17) is 4.74 Å². The third-order valence-electron chi connectivity index (χ3n) is 3.96. The molecule has 2 N–H and O–H groups in total. The molecule has 2 rings (SSSR count). The Morgan fingerprint density at radius 2 is 1.79 bits per heavy atom. The highest BCUT2D eigenvalue weighted by Crippen LogP contribution is 2.17. The molecule has 1 atom stereocenters. The third-order valence-corrected chi connectivity index (χ3v) is 4.83. The van der Waals surface area contributed by atoms with Crippen LogP contribution in [-0.2, 0) is 9.59 Å². The Bertz CT molecular complexity index is 801. The van der Waals surface area contributed by atoms with Crippen molar-refractivity contribution in [1.29, 1.82) is 0 Å². The monoisotopic (exact) mass is 403 g/mol. The second-order valence-corrected chi connectivity index (χ2v) is 7.71. The Balaban J connectivity index is 1.95. The van der Waals surface area contributed by atoms with Crippen LogP contribution < -0.4 is 15.4 Å². The molecular weight excluding hydrogens is 378 g/mol. The van der Waals surface area contributed by atoms with Crippen LogP contribution in [0.3, 0.4) is 0 Å². The summed E-state index contributed by atoms with van der Waals surface area (Å²) in [6.07, 6.45) is 0. The summed E-state index contributed by atoms with van der Waals surface area (Å²) in [7, 11) is 3.32. The van der Waals surface area contributed by atoms with E-state index in [1.165, 1.54) is 16.2 Å². The van der Waals surface area contributed by atoms with Gasteiger partial charge in [-0.25, -0.2) is 0 Å². The van der Waals surface area contributed by atoms with Crippen molar-refractivity contribution in [3.05, 3.63) is 46.7 Å². The van der Waals surface area contributed by atoms with Crippen molar-refractivity contribution in [1.82, 2.24) is 10.2 Å². The molecule has 0 aliphatic rings. The van der Waals surface area contributed by atoms with E-state index in [0.29, 0.717) is 16.3 Å². The summed E-state index contributed by atoms with van der Waals surface area (Å²) in [6, 6.07) is 9.57. The van der Waals surface area contributed by atoms with Crippen molar-refractivity contribution in [3.63, 3.8) is 0 Å². The number of benzene rings is 1. The van der Waals surface area contributed by atoms with E-state index in [2.05, 4.69) is 10.6 Å². The topological polar surface area (TPSA) is 87.7 Å². The molecule has 0 aliphatic heterocycles. The van der Waals surface area contributed by atoms with E-state index in [-0.39, 0.29) is 30.2 Å². The van der Waals surface area contributed by atoms with Crippen molar-refractivity contribution < 1.29 is 19.1 Å². The van der Waals surface area contributed by atoms with Gasteiger partial charge in [-0.1, -0.05) is 19.9 Å². The fraction of sp³-hybridized carbons (Fsp3) is 0.350. The van der Waals surface area contributed by atoms with Crippen LogP contribution in [0.15, 0.2) is 41.8 Å². The van der Waals surface area contributed by atoms with Crippen LogP contribution in [0.2, 0.25) is 0 Å². The molecule has 7 nitrogen and oxygen atoms in total. The summed E-state index contributed by atoms with van der Waals surface area (Å²) in [6.45, 7) is 3.69. The summed E-state index contributed by atoms with van der Waals surface area (Å²) in [5.41, 5.74) is 0.576. The van der Waals surface area contributed by atoms with Crippen LogP contribution in [0.5, 0.6) is 5.75 Å². The van der Waals surface area contributed by atoms with Gasteiger partial charge in [-0.15, -0.1) is 11.3 Å². The van der Waals surface area contributed by atoms with Gasteiger partial charge in [-0.3, -0.25) is 14.4 Å². The standard InChI is InChI=1S/C20H25N3O4S/c1-13(2)18(22-19(25)16-6-5-11-28-16)20(26)21-14-7-9-15(10-8-14)27-12-17(24)23(3)4/h5-11,13,18H,12H2,1-4H3,(H,21,26)(H,22,25)/t18-/m0/s1. The number of rotatable bonds is 8. The molecule has 150 valence electrons. The maximum Gasteiger partial charge on any atom is 0.262 e. The zero-order chi connectivity index (χ0) is 20.7. The lowest BCUT2D eigenvalue weighted by Gasteiger charge is -2.21. The van der Waals surface area contributed by atoms with Gasteiger partial charge in [0, 0.05) is 19.8 Å². The number of amides is 3. The van der Waals surface area contributed by atoms with Gasteiger partial charge in [0.1, 0.15) is 11.8 Å². The molecule has 1 aromatic heterocycles. The number of hydrogen-bond donors (Lipinski definition) is 2. The minimum Gasteiger partial charge on any atom is -0.484 e. The number of ether oxygens (including phenoxy) is 1. The molecule has 0 saturated carbocycles. The van der Waals surface area contributed by atoms with Crippen LogP contribution in [0.25, 0.3) is 0 Å². The number of nitrogens with one attached hydrogen (secondary N) is 2. The van der Waals surface area contributed by atoms with Gasteiger partial charge in [-0.2, -0.15) is 0 Å². The molecule has 0 aliphatic carbocycles. The number of carbonyl (C=O) groups excluding carboxylic acids is 3. The van der Waals surface area contributed by atoms with E-state index >= 15 is 0 Å². The number of hydrogen-bond acceptors (Lipinski definition) is 5. The first-order valence-electron chi connectivity index (χ1n) is 8.86. The van der Waals surface area contributed by atoms with E-state index in [1.54, 1.807) is 50.5 Å². The van der Waals surface area contributed by atoms with Crippen LogP contribution in [0.4, 0.5) is 5.69 Å². The van der Waals surface area contributed by atoms with Gasteiger partial charge in [0.2, 0.25) is 5.91 Å². The second kappa shape index (κ2) is 9.89. The second-order valence-electron chi connectivity index (χ2n) is 6.76. The zero-order valence-electron chi connectivity index (χ0n) is 16.4. The quantitative estimate of drug-likeness (QED) is 0.709. The summed E-state index contributed by atoms with van der Waals surface area (Å²) in [5.74, 6) is -0.253. The van der Waals surface area contributed by atoms with Crippen molar-refractivity contribution >= 4 is 34.7 Å². The van der Waals surface area contributed by atoms with Crippen LogP contribution in [0.1, 0.15) is 23.5 Å². The predicted octanol–water partition coefficient (Wildman–Crippen LogP) is 2.61. The van der Waals surface area contributed by atoms with Gasteiger partial charge in [0.25, 0.3) is 11.8 Å². The molecule has 3 amide bonds. The first-order chi connectivity index (χ1) is 13.3. The predicted molar refractivity (Wildman–Crippen MR) is 110 cm³/mol. The third kappa shape index (κ3) is 6.09. The van der Waals surface area contributed by atoms with Crippen molar-refractivity contribution in [2.45, 2.75) is 19.9 Å². The fourth-order valence-corrected chi connectivity index (χ4v) is 2.91. The summed E-state index contributed by atoms with van der Waals surface area (Å²) in [5, 5.41) is 7.40. The molecule has 0 fully saturated rings. The maximum absolute atomic E-state index is 12.6. The molecule has 8 heteroatoms. The number of thiophene rings is 1. The highest BCUT2D eigenvalue weighted by molar-refractivity contribution is 7.12. The molecule has 0 bridgehead atoms. The number of carbonyl (C=O) groups is 3. The van der Waals surface area contributed by atoms with Crippen LogP contribution in [-0.4, -0.2) is 49.4 Å². The first-order valence-corrected chi connectivity index (χ1v) is 9.74. The van der Waals surface area contributed by atoms with E-state index in [9.17, 15) is 14.4 Å². The average Bonchev–Trinajstić information content (AvgIpc) is 3.19. The summed E-state index contributed by atoms with van der Waals surface area (Å²) in [4.78, 5) is 38.5. The largest absolute Gasteiger partial charge is 0.484 e. The van der Waals surface area contributed by atoms with Gasteiger partial charge in [-0.05, 0) is 41.6 Å². The van der Waals surface area contributed by atoms with Crippen LogP contribution in [0, 0.1) is 5.92 Å². The number of likely N-dealkylation sites (N-methyl/N-ethyl adjacent to an activating group) is 1. The highest BCUT2D eigenvalue weighted by Gasteiger charge is 2.25. The van der Waals surface area contributed by atoms with E-state index in [0.717, 1.165) is 0 Å². The molecule has 0 spiro atoms. The average molecular weight is 404 g/mol. The molecule has 0 unspecified atom stereocenters. The minimum atomic E-state index is -0.664. The Labute approximate surface area is 168 Å². The lowest BCUT2D eigenvalue weighted by atomic mass is 10.0. The smallest absolute Gasteiger partial charge is 0.262 e. The Morgan fingerprint density at radius 3 is 2.32 bits per heavy atom. The molecule has 28 heavy (non-hydrogen) atoms. The lowest BCUT2D eigenvalue weighted by Crippen LogP contribution is -2.46. The van der Waals surface area contributed by atoms with Crippen molar-refractivity contribution in [2.24, 2.45) is 5.92 Å². The summed E-state index contributed by atoms with van der Waals surface area (Å²) < 4.78 is 5.41. The minimum absolute atomic E-state index is 0.0527. The Morgan fingerprint density at radius 1 is 1.11 bits per heavy atom. The fourth-order valence-electron chi connectivity index (χ4n) is 2.28. The Hall–Kier alpha value is -2.87. The van der Waals surface area contributed by atoms with Gasteiger partial charge < -0.3 is 20.3 Å². The van der Waals surface area contributed by atoms with Crippen molar-refractivity contribution in [3.8, 4) is 5.75 Å². The molecule has 0 radical (unpaired) electrons. The van der Waals surface area contributed by atoms with Crippen LogP contribution >= 0.6 is 11.3 Å². The first kappa shape index (κ1) is 21.4. The normalized spacial score (nSPS) is 11.6. The zero-order valence-corrected chi connectivity index (χ0v) is 17.2. The highest BCUT2D eigenvalue weighted by atomic mass is 32.1. The molecular formula is C20H25N3O4S.